The van der Waals surface area contributed by atoms with E-state index in [2.05, 4.69) is 0 Å². The maximum Gasteiger partial charge on any atom is 0.322 e. The molecular weight excluding hydrogens is 252 g/mol. The predicted octanol–water partition coefficient (Wildman–Crippen LogP) is 2.34. The molecule has 0 saturated heterocycles. The smallest absolute Gasteiger partial charge is 0.322 e. The first-order valence-electron chi connectivity index (χ1n) is 5.53. The molecule has 0 spiro atoms. The number of carbonyl (C=O) groups is 2. The maximum atomic E-state index is 11.3. The number of hydrogen-bond acceptors (Lipinski definition) is 3. The van der Waals surface area contributed by atoms with E-state index in [4.69, 9.17) is 0 Å². The first kappa shape index (κ1) is 13.0. The van der Waals surface area contributed by atoms with Gasteiger partial charge in [-0.15, -0.1) is 11.8 Å². The van der Waals surface area contributed by atoms with Gasteiger partial charge in [0.15, 0.2) is 5.41 Å². The first-order chi connectivity index (χ1) is 8.35. The summed E-state index contributed by atoms with van der Waals surface area (Å²) in [5.74, 6) is -2.51. The molecule has 1 unspecified atom stereocenters. The minimum atomic E-state index is -1.69. The van der Waals surface area contributed by atoms with Gasteiger partial charge in [0.2, 0.25) is 0 Å². The summed E-state index contributed by atoms with van der Waals surface area (Å²) in [7, 11) is 0. The van der Waals surface area contributed by atoms with E-state index in [9.17, 15) is 19.8 Å². The van der Waals surface area contributed by atoms with Crippen LogP contribution in [0.4, 0.5) is 0 Å². The molecule has 2 rings (SSSR count). The molecule has 4 nitrogen and oxygen atoms in total. The van der Waals surface area contributed by atoms with E-state index in [1.54, 1.807) is 13.8 Å². The summed E-state index contributed by atoms with van der Waals surface area (Å²) in [6.45, 7) is 3.38. The SMILES string of the molecule is CC1(C)C(Sc2ccccc2)C1(C(=O)O)C(=O)O. The van der Waals surface area contributed by atoms with Crippen LogP contribution in [0.2, 0.25) is 0 Å². The van der Waals surface area contributed by atoms with Crippen molar-refractivity contribution in [1.29, 1.82) is 0 Å². The summed E-state index contributed by atoms with van der Waals surface area (Å²) in [6.07, 6.45) is 0. The summed E-state index contributed by atoms with van der Waals surface area (Å²) in [6, 6.07) is 9.27. The summed E-state index contributed by atoms with van der Waals surface area (Å²) in [4.78, 5) is 23.6. The van der Waals surface area contributed by atoms with Gasteiger partial charge in [0.05, 0.1) is 0 Å². The monoisotopic (exact) mass is 266 g/mol. The second-order valence-electron chi connectivity index (χ2n) is 4.95. The molecule has 5 heteroatoms. The Morgan fingerprint density at radius 2 is 1.61 bits per heavy atom. The molecule has 0 bridgehead atoms. The second kappa shape index (κ2) is 4.02. The number of carboxylic acids is 2. The van der Waals surface area contributed by atoms with Crippen molar-refractivity contribution in [2.45, 2.75) is 24.0 Å². The topological polar surface area (TPSA) is 74.6 Å². The Kier molecular flexibility index (Phi) is 2.89. The first-order valence-corrected chi connectivity index (χ1v) is 6.41. The number of thioether (sulfide) groups is 1. The van der Waals surface area contributed by atoms with E-state index in [0.29, 0.717) is 0 Å². The van der Waals surface area contributed by atoms with Gasteiger partial charge in [0.1, 0.15) is 0 Å². The van der Waals surface area contributed by atoms with Crippen LogP contribution < -0.4 is 0 Å². The molecule has 1 saturated carbocycles. The fourth-order valence-electron chi connectivity index (χ4n) is 2.45. The van der Waals surface area contributed by atoms with Gasteiger partial charge < -0.3 is 10.2 Å². The summed E-state index contributed by atoms with van der Waals surface area (Å²) in [5, 5.41) is 18.1. The zero-order valence-corrected chi connectivity index (χ0v) is 10.9. The third-order valence-corrected chi connectivity index (χ3v) is 5.38. The van der Waals surface area contributed by atoms with Crippen LogP contribution in [-0.4, -0.2) is 27.4 Å². The minimum absolute atomic E-state index is 0.456. The molecule has 2 N–H and O–H groups in total. The Bertz CT molecular complexity index is 481. The van der Waals surface area contributed by atoms with E-state index >= 15 is 0 Å². The molecule has 18 heavy (non-hydrogen) atoms. The van der Waals surface area contributed by atoms with Crippen molar-refractivity contribution >= 4 is 23.7 Å². The molecule has 1 fully saturated rings. The Morgan fingerprint density at radius 1 is 1.11 bits per heavy atom. The van der Waals surface area contributed by atoms with Gasteiger partial charge in [-0.25, -0.2) is 0 Å². The van der Waals surface area contributed by atoms with Crippen molar-refractivity contribution in [3.63, 3.8) is 0 Å². The highest BCUT2D eigenvalue weighted by Crippen LogP contribution is 2.70. The summed E-state index contributed by atoms with van der Waals surface area (Å²) >= 11 is 1.32. The average molecular weight is 266 g/mol. The third kappa shape index (κ3) is 1.54. The van der Waals surface area contributed by atoms with Crippen molar-refractivity contribution < 1.29 is 19.8 Å². The standard InChI is InChI=1S/C13H14O4S/c1-12(2)9(13(12,10(14)15)11(16)17)18-8-6-4-3-5-7-8/h3-7,9H,1-2H3,(H,14,15)(H,16,17). The van der Waals surface area contributed by atoms with E-state index < -0.39 is 28.0 Å². The molecule has 1 atom stereocenters. The van der Waals surface area contributed by atoms with E-state index in [0.717, 1.165) is 4.90 Å². The highest BCUT2D eigenvalue weighted by molar-refractivity contribution is 8.00. The van der Waals surface area contributed by atoms with Gasteiger partial charge in [-0.05, 0) is 12.1 Å². The quantitative estimate of drug-likeness (QED) is 0.818. The molecule has 1 aliphatic rings. The average Bonchev–Trinajstić information content (AvgIpc) is 2.77. The van der Waals surface area contributed by atoms with Gasteiger partial charge in [-0.2, -0.15) is 0 Å². The fourth-order valence-corrected chi connectivity index (χ4v) is 4.13. The molecule has 0 aromatic heterocycles. The van der Waals surface area contributed by atoms with E-state index in [1.165, 1.54) is 11.8 Å². The predicted molar refractivity (Wildman–Crippen MR) is 67.6 cm³/mol. The lowest BCUT2D eigenvalue weighted by molar-refractivity contribution is -0.158. The van der Waals surface area contributed by atoms with Crippen LogP contribution >= 0.6 is 11.8 Å². The summed E-state index contributed by atoms with van der Waals surface area (Å²) in [5.41, 5.74) is -2.45. The van der Waals surface area contributed by atoms with Gasteiger partial charge in [0.25, 0.3) is 0 Å². The Morgan fingerprint density at radius 3 is 2.00 bits per heavy atom. The van der Waals surface area contributed by atoms with Crippen molar-refractivity contribution in [3.05, 3.63) is 30.3 Å². The summed E-state index contributed by atoms with van der Waals surface area (Å²) < 4.78 is 0. The maximum absolute atomic E-state index is 11.3. The highest BCUT2D eigenvalue weighted by atomic mass is 32.2. The third-order valence-electron chi connectivity index (χ3n) is 3.65. The zero-order valence-electron chi connectivity index (χ0n) is 10.1. The number of aliphatic carboxylic acids is 2. The molecule has 1 aliphatic carbocycles. The number of rotatable bonds is 4. The van der Waals surface area contributed by atoms with Gasteiger partial charge in [-0.3, -0.25) is 9.59 Å². The van der Waals surface area contributed by atoms with Crippen molar-refractivity contribution in [2.24, 2.45) is 10.8 Å². The van der Waals surface area contributed by atoms with Crippen LogP contribution in [0.15, 0.2) is 35.2 Å². The number of carboxylic acid groups (broad SMARTS) is 2. The number of hydrogen-bond donors (Lipinski definition) is 2. The Labute approximate surface area is 109 Å². The molecule has 0 aliphatic heterocycles. The van der Waals surface area contributed by atoms with Crippen LogP contribution in [-0.2, 0) is 9.59 Å². The van der Waals surface area contributed by atoms with Gasteiger partial charge in [0, 0.05) is 15.6 Å². The highest BCUT2D eigenvalue weighted by Gasteiger charge is 2.81. The lowest BCUT2D eigenvalue weighted by atomic mass is 9.96. The van der Waals surface area contributed by atoms with Crippen LogP contribution in [0.1, 0.15) is 13.8 Å². The number of benzene rings is 1. The lowest BCUT2D eigenvalue weighted by Gasteiger charge is -2.08. The Hall–Kier alpha value is -1.49. The molecule has 0 heterocycles. The van der Waals surface area contributed by atoms with E-state index in [-0.39, 0.29) is 0 Å². The normalized spacial score (nSPS) is 23.3. The van der Waals surface area contributed by atoms with Gasteiger partial charge >= 0.3 is 11.9 Å². The molecule has 1 aromatic carbocycles. The van der Waals surface area contributed by atoms with Crippen LogP contribution in [0.3, 0.4) is 0 Å². The van der Waals surface area contributed by atoms with Crippen LogP contribution in [0.25, 0.3) is 0 Å². The van der Waals surface area contributed by atoms with Crippen molar-refractivity contribution in [1.82, 2.24) is 0 Å². The van der Waals surface area contributed by atoms with E-state index in [1.807, 2.05) is 30.3 Å². The largest absolute Gasteiger partial charge is 0.480 e. The van der Waals surface area contributed by atoms with Crippen molar-refractivity contribution in [2.75, 3.05) is 0 Å². The van der Waals surface area contributed by atoms with Crippen molar-refractivity contribution in [3.8, 4) is 0 Å². The molecular formula is C13H14O4S. The molecule has 0 amide bonds. The van der Waals surface area contributed by atoms with Crippen LogP contribution in [0.5, 0.6) is 0 Å². The molecule has 96 valence electrons. The van der Waals surface area contributed by atoms with Gasteiger partial charge in [-0.1, -0.05) is 32.0 Å². The molecule has 1 aromatic rings. The molecule has 0 radical (unpaired) electrons. The zero-order chi connectivity index (χ0) is 13.6. The lowest BCUT2D eigenvalue weighted by Crippen LogP contribution is -2.31. The fraction of sp³-hybridized carbons (Fsp3) is 0.385. The van der Waals surface area contributed by atoms with Crippen LogP contribution in [0, 0.1) is 10.8 Å². The minimum Gasteiger partial charge on any atom is -0.480 e. The Balaban J connectivity index is 2.31. The second-order valence-corrected chi connectivity index (χ2v) is 6.13.